The number of hydrogen-bond donors (Lipinski definition) is 0. The summed E-state index contributed by atoms with van der Waals surface area (Å²) in [6, 6.07) is 4.95. The summed E-state index contributed by atoms with van der Waals surface area (Å²) >= 11 is 0. The van der Waals surface area contributed by atoms with E-state index in [1.54, 1.807) is 7.11 Å². The van der Waals surface area contributed by atoms with Gasteiger partial charge in [0.05, 0.1) is 11.3 Å². The lowest BCUT2D eigenvalue weighted by Gasteiger charge is -2.70. The quantitative estimate of drug-likeness (QED) is 0.733. The van der Waals surface area contributed by atoms with Crippen molar-refractivity contribution >= 4 is 5.78 Å². The molecule has 1 saturated carbocycles. The normalized spacial score (nSPS) is 43.2. The average molecular weight is 394 g/mol. The zero-order valence-corrected chi connectivity index (χ0v) is 18.0. The summed E-state index contributed by atoms with van der Waals surface area (Å²) in [5, 5.41) is 0. The molecule has 1 saturated heterocycles. The molecule has 1 aromatic rings. The number of carbonyl (C=O) groups excluding carboxylic acids is 1. The summed E-state index contributed by atoms with van der Waals surface area (Å²) in [6.07, 6.45) is 9.07. The lowest BCUT2D eigenvalue weighted by atomic mass is 9.37. The molecular weight excluding hydrogens is 362 g/mol. The van der Waals surface area contributed by atoms with E-state index in [-0.39, 0.29) is 22.9 Å². The molecule has 0 unspecified atom stereocenters. The molecule has 2 heterocycles. The summed E-state index contributed by atoms with van der Waals surface area (Å²) in [5.41, 5.74) is 3.31. The molecule has 154 valence electrons. The SMILES string of the molecule is CCCC(=O)[C@@H]1C[C@@]23C=C[C@@]1(OC)[C@@H]1Oc4c(C)ccc5c4[C@@]12CCN(C)[C@@H]3C5. The third-order valence-corrected chi connectivity index (χ3v) is 9.18. The number of hydrogen-bond acceptors (Lipinski definition) is 4. The summed E-state index contributed by atoms with van der Waals surface area (Å²) in [6.45, 7) is 5.32. The van der Waals surface area contributed by atoms with Gasteiger partial charge in [0.1, 0.15) is 23.2 Å². The van der Waals surface area contributed by atoms with Gasteiger partial charge < -0.3 is 14.4 Å². The number of benzene rings is 1. The van der Waals surface area contributed by atoms with Crippen molar-refractivity contribution in [2.45, 2.75) is 69.1 Å². The second-order valence-electron chi connectivity index (χ2n) is 10.1. The Morgan fingerprint density at radius 3 is 2.93 bits per heavy atom. The van der Waals surface area contributed by atoms with Crippen molar-refractivity contribution in [2.75, 3.05) is 20.7 Å². The molecule has 4 bridgehead atoms. The van der Waals surface area contributed by atoms with E-state index in [1.165, 1.54) is 16.7 Å². The van der Waals surface area contributed by atoms with Crippen LogP contribution in [0.1, 0.15) is 49.3 Å². The van der Waals surface area contributed by atoms with Gasteiger partial charge in [0.2, 0.25) is 0 Å². The van der Waals surface area contributed by atoms with E-state index >= 15 is 0 Å². The monoisotopic (exact) mass is 393 g/mol. The maximum Gasteiger partial charge on any atom is 0.143 e. The van der Waals surface area contributed by atoms with E-state index in [0.717, 1.165) is 38.0 Å². The van der Waals surface area contributed by atoms with Crippen LogP contribution in [-0.4, -0.2) is 49.1 Å². The minimum atomic E-state index is -0.658. The van der Waals surface area contributed by atoms with Gasteiger partial charge in [-0.3, -0.25) is 4.79 Å². The van der Waals surface area contributed by atoms with Crippen LogP contribution < -0.4 is 4.74 Å². The van der Waals surface area contributed by atoms with Gasteiger partial charge in [-0.05, 0) is 57.3 Å². The number of fused-ring (bicyclic) bond motifs is 1. The van der Waals surface area contributed by atoms with Gasteiger partial charge in [-0.1, -0.05) is 31.2 Å². The number of nitrogens with zero attached hydrogens (tertiary/aromatic N) is 1. The van der Waals surface area contributed by atoms with Crippen molar-refractivity contribution in [1.29, 1.82) is 0 Å². The van der Waals surface area contributed by atoms with Crippen LogP contribution in [0.4, 0.5) is 0 Å². The number of methoxy groups -OCH3 is 1. The third-order valence-electron chi connectivity index (χ3n) is 9.18. The van der Waals surface area contributed by atoms with Crippen molar-refractivity contribution in [2.24, 2.45) is 11.3 Å². The first-order chi connectivity index (χ1) is 13.9. The first kappa shape index (κ1) is 18.1. The number of likely N-dealkylation sites (tertiary alicyclic amines) is 1. The highest BCUT2D eigenvalue weighted by molar-refractivity contribution is 5.84. The van der Waals surface area contributed by atoms with Gasteiger partial charge in [-0.15, -0.1) is 0 Å². The van der Waals surface area contributed by atoms with Crippen LogP contribution in [0.3, 0.4) is 0 Å². The molecular formula is C25H31NO3. The molecule has 2 aliphatic heterocycles. The van der Waals surface area contributed by atoms with Crippen molar-refractivity contribution in [3.05, 3.63) is 41.0 Å². The Kier molecular flexibility index (Phi) is 3.46. The number of ether oxygens (including phenoxy) is 2. The van der Waals surface area contributed by atoms with Crippen LogP contribution in [0.25, 0.3) is 0 Å². The van der Waals surface area contributed by atoms with Crippen LogP contribution in [0.15, 0.2) is 24.3 Å². The minimum absolute atomic E-state index is 0.0505. The van der Waals surface area contributed by atoms with Crippen molar-refractivity contribution in [3.8, 4) is 5.75 Å². The van der Waals surface area contributed by atoms with E-state index in [1.807, 2.05) is 0 Å². The van der Waals surface area contributed by atoms with Crippen molar-refractivity contribution in [3.63, 3.8) is 0 Å². The Bertz CT molecular complexity index is 954. The van der Waals surface area contributed by atoms with Gasteiger partial charge in [-0.2, -0.15) is 0 Å². The number of Topliss-reactive ketones (excluding diaryl/α,β-unsaturated/α-hetero) is 1. The van der Waals surface area contributed by atoms with Crippen LogP contribution in [0.2, 0.25) is 0 Å². The lowest BCUT2D eigenvalue weighted by molar-refractivity contribution is -0.213. The molecule has 4 nitrogen and oxygen atoms in total. The van der Waals surface area contributed by atoms with Crippen LogP contribution in [0, 0.1) is 18.3 Å². The average Bonchev–Trinajstić information content (AvgIpc) is 3.09. The van der Waals surface area contributed by atoms with Gasteiger partial charge in [0.25, 0.3) is 0 Å². The minimum Gasteiger partial charge on any atom is -0.485 e. The molecule has 0 radical (unpaired) electrons. The maximum absolute atomic E-state index is 13.4. The highest BCUT2D eigenvalue weighted by Gasteiger charge is 2.79. The molecule has 6 aliphatic rings. The number of carbonyl (C=O) groups is 1. The molecule has 6 atom stereocenters. The largest absolute Gasteiger partial charge is 0.485 e. The van der Waals surface area contributed by atoms with Crippen molar-refractivity contribution in [1.82, 2.24) is 4.90 Å². The Morgan fingerprint density at radius 1 is 1.34 bits per heavy atom. The van der Waals surface area contributed by atoms with E-state index < -0.39 is 5.60 Å². The van der Waals surface area contributed by atoms with Gasteiger partial charge in [0, 0.05) is 30.6 Å². The van der Waals surface area contributed by atoms with Crippen LogP contribution in [-0.2, 0) is 21.4 Å². The molecule has 0 N–H and O–H groups in total. The fraction of sp³-hybridized carbons (Fsp3) is 0.640. The fourth-order valence-corrected chi connectivity index (χ4v) is 7.99. The fourth-order valence-electron chi connectivity index (χ4n) is 7.99. The molecule has 29 heavy (non-hydrogen) atoms. The first-order valence-electron chi connectivity index (χ1n) is 11.2. The number of rotatable bonds is 4. The summed E-state index contributed by atoms with van der Waals surface area (Å²) in [4.78, 5) is 15.9. The molecule has 0 amide bonds. The van der Waals surface area contributed by atoms with Crippen molar-refractivity contribution < 1.29 is 14.3 Å². The number of aryl methyl sites for hydroxylation is 1. The highest BCUT2D eigenvalue weighted by Crippen LogP contribution is 2.74. The molecule has 2 fully saturated rings. The van der Waals surface area contributed by atoms with Gasteiger partial charge in [0.15, 0.2) is 0 Å². The van der Waals surface area contributed by atoms with E-state index in [4.69, 9.17) is 9.47 Å². The molecule has 7 rings (SSSR count). The predicted molar refractivity (Wildman–Crippen MR) is 111 cm³/mol. The highest BCUT2D eigenvalue weighted by atomic mass is 16.6. The topological polar surface area (TPSA) is 38.8 Å². The summed E-state index contributed by atoms with van der Waals surface area (Å²) in [5.74, 6) is 1.30. The van der Waals surface area contributed by atoms with E-state index in [9.17, 15) is 4.79 Å². The predicted octanol–water partition coefficient (Wildman–Crippen LogP) is 3.58. The summed E-state index contributed by atoms with van der Waals surface area (Å²) < 4.78 is 13.2. The van der Waals surface area contributed by atoms with Gasteiger partial charge in [-0.25, -0.2) is 0 Å². The van der Waals surface area contributed by atoms with E-state index in [2.05, 4.69) is 50.1 Å². The molecule has 4 aliphatic carbocycles. The molecule has 0 aromatic heterocycles. The second kappa shape index (κ2) is 5.53. The second-order valence-corrected chi connectivity index (χ2v) is 10.1. The van der Waals surface area contributed by atoms with Crippen LogP contribution in [0.5, 0.6) is 5.75 Å². The zero-order valence-electron chi connectivity index (χ0n) is 18.0. The Hall–Kier alpha value is -1.65. The Labute approximate surface area is 173 Å². The number of likely N-dealkylation sites (N-methyl/N-ethyl adjacent to an activating group) is 1. The molecule has 4 heteroatoms. The summed E-state index contributed by atoms with van der Waals surface area (Å²) in [7, 11) is 4.04. The standard InChI is InChI=1S/C25H31NO3/c1-5-6-18(27)17-14-23-9-10-25(17,28-4)22-24(23)11-12-26(3)19(23)13-16-8-7-15(2)21(29-22)20(16)24/h7-10,17,19,22H,5-6,11-14H2,1-4H3/t17-,19+,22+,23+,24-,25-/m0/s1. The smallest absolute Gasteiger partial charge is 0.143 e. The van der Waals surface area contributed by atoms with Crippen LogP contribution >= 0.6 is 0 Å². The molecule has 2 spiro atoms. The number of ketones is 1. The maximum atomic E-state index is 13.4. The molecule has 1 aromatic carbocycles. The number of piperidine rings is 1. The first-order valence-corrected chi connectivity index (χ1v) is 11.2. The van der Waals surface area contributed by atoms with E-state index in [0.29, 0.717) is 18.2 Å². The Morgan fingerprint density at radius 2 is 2.17 bits per heavy atom. The van der Waals surface area contributed by atoms with Gasteiger partial charge >= 0.3 is 0 Å². The third kappa shape index (κ3) is 1.76. The Balaban J connectivity index is 1.66. The lowest BCUT2D eigenvalue weighted by Crippen LogP contribution is -2.79. The zero-order chi connectivity index (χ0) is 20.2.